The number of aryl methyl sites for hydroxylation is 3. The summed E-state index contributed by atoms with van der Waals surface area (Å²) in [5.74, 6) is 3.08. The summed E-state index contributed by atoms with van der Waals surface area (Å²) in [6.07, 6.45) is 5.70. The zero-order chi connectivity index (χ0) is 16.1. The molecule has 0 fully saturated rings. The average molecular weight is 322 g/mol. The van der Waals surface area contributed by atoms with E-state index in [9.17, 15) is 4.55 Å². The van der Waals surface area contributed by atoms with Crippen LogP contribution in [0.4, 0.5) is 5.82 Å². The molecule has 0 aliphatic rings. The minimum absolute atomic E-state index is 0.487. The van der Waals surface area contributed by atoms with Gasteiger partial charge in [0.05, 0.1) is 5.52 Å². The molecule has 0 amide bonds. The van der Waals surface area contributed by atoms with Crippen LogP contribution >= 0.6 is 0 Å². The lowest BCUT2D eigenvalue weighted by Gasteiger charge is -2.12. The van der Waals surface area contributed by atoms with E-state index in [0.717, 1.165) is 66.2 Å². The summed E-state index contributed by atoms with van der Waals surface area (Å²) in [4.78, 5) is 8.83. The molecule has 0 saturated carbocycles. The van der Waals surface area contributed by atoms with E-state index in [1.165, 1.54) is 0 Å². The van der Waals surface area contributed by atoms with Gasteiger partial charge in [0.15, 0.2) is 5.82 Å². The minimum atomic E-state index is -0.704. The molecule has 0 spiro atoms. The number of hydrogen-bond acceptors (Lipinski definition) is 4. The van der Waals surface area contributed by atoms with E-state index in [4.69, 9.17) is 5.73 Å². The summed E-state index contributed by atoms with van der Waals surface area (Å²) >= 11 is -0.704. The lowest BCUT2D eigenvalue weighted by atomic mass is 10.2. The quantitative estimate of drug-likeness (QED) is 0.758. The van der Waals surface area contributed by atoms with Gasteiger partial charge in [-0.25, -0.2) is 9.97 Å². The Kier molecular flexibility index (Phi) is 6.08. The van der Waals surface area contributed by atoms with Gasteiger partial charge in [0.25, 0.3) is 0 Å². The number of fused-ring (bicyclic) bond motifs is 1. The molecule has 1 atom stereocenters. The second-order valence-corrected chi connectivity index (χ2v) is 7.31. The molecular formula is C16H26N4OS. The van der Waals surface area contributed by atoms with Crippen molar-refractivity contribution in [2.75, 3.05) is 17.2 Å². The maximum Gasteiger partial charge on any atom is 0.151 e. The number of rotatable bonds is 8. The molecule has 2 aromatic heterocycles. The van der Waals surface area contributed by atoms with Gasteiger partial charge in [-0.3, -0.25) is 0 Å². The first kappa shape index (κ1) is 17.1. The van der Waals surface area contributed by atoms with Crippen LogP contribution in [0.25, 0.3) is 11.0 Å². The highest BCUT2D eigenvalue weighted by molar-refractivity contribution is 7.91. The van der Waals surface area contributed by atoms with Gasteiger partial charge in [0, 0.05) is 25.6 Å². The maximum atomic E-state index is 11.9. The van der Waals surface area contributed by atoms with E-state index in [-0.39, 0.29) is 0 Å². The lowest BCUT2D eigenvalue weighted by Crippen LogP contribution is -2.14. The van der Waals surface area contributed by atoms with Crippen LogP contribution in [0.15, 0.2) is 6.20 Å². The Hall–Kier alpha value is -1.27. The Bertz CT molecular complexity index is 626. The number of anilines is 1. The molecule has 0 radical (unpaired) electrons. The minimum Gasteiger partial charge on any atom is -0.616 e. The highest BCUT2D eigenvalue weighted by Gasteiger charge is 2.15. The van der Waals surface area contributed by atoms with Crippen molar-refractivity contribution in [2.24, 2.45) is 0 Å². The van der Waals surface area contributed by atoms with Gasteiger partial charge in [-0.1, -0.05) is 31.4 Å². The fourth-order valence-electron chi connectivity index (χ4n) is 2.67. The van der Waals surface area contributed by atoms with Crippen molar-refractivity contribution in [3.05, 3.63) is 17.6 Å². The lowest BCUT2D eigenvalue weighted by molar-refractivity contribution is 0.581. The Morgan fingerprint density at radius 2 is 2.00 bits per heavy atom. The predicted octanol–water partition coefficient (Wildman–Crippen LogP) is 2.82. The van der Waals surface area contributed by atoms with Gasteiger partial charge in [-0.05, 0) is 18.9 Å². The second kappa shape index (κ2) is 7.83. The molecule has 0 aromatic carbocycles. The molecule has 1 unspecified atom stereocenters. The molecule has 122 valence electrons. The molecule has 0 aliphatic carbocycles. The van der Waals surface area contributed by atoms with E-state index in [1.807, 2.05) is 6.92 Å². The van der Waals surface area contributed by atoms with Crippen molar-refractivity contribution in [2.45, 2.75) is 53.0 Å². The van der Waals surface area contributed by atoms with Gasteiger partial charge in [0.1, 0.15) is 22.8 Å². The largest absolute Gasteiger partial charge is 0.616 e. The van der Waals surface area contributed by atoms with Crippen LogP contribution in [0.2, 0.25) is 0 Å². The van der Waals surface area contributed by atoms with Crippen molar-refractivity contribution >= 4 is 28.0 Å². The first-order valence-electron chi connectivity index (χ1n) is 8.03. The highest BCUT2D eigenvalue weighted by Crippen LogP contribution is 2.24. The molecule has 22 heavy (non-hydrogen) atoms. The van der Waals surface area contributed by atoms with Crippen LogP contribution in [0.1, 0.15) is 44.5 Å². The van der Waals surface area contributed by atoms with Crippen LogP contribution in [0.5, 0.6) is 0 Å². The molecule has 2 aromatic rings. The summed E-state index contributed by atoms with van der Waals surface area (Å²) in [7, 11) is 0. The summed E-state index contributed by atoms with van der Waals surface area (Å²) < 4.78 is 14.1. The standard InChI is InChI=1S/C16H26N4OS/c1-4-6-9-22(21)10-7-8-20-13(5-2)19-14-15(20)12(3)11-18-16(14)17/h11H,4-10H2,1-3H3,(H2,17,18). The fourth-order valence-corrected chi connectivity index (χ4v) is 3.93. The predicted molar refractivity (Wildman–Crippen MR) is 93.5 cm³/mol. The van der Waals surface area contributed by atoms with E-state index >= 15 is 0 Å². The highest BCUT2D eigenvalue weighted by atomic mass is 32.2. The first-order chi connectivity index (χ1) is 10.6. The second-order valence-electron chi connectivity index (χ2n) is 5.61. The summed E-state index contributed by atoms with van der Waals surface area (Å²) in [6, 6.07) is 0. The third kappa shape index (κ3) is 3.73. The van der Waals surface area contributed by atoms with Gasteiger partial charge in [-0.15, -0.1) is 0 Å². The van der Waals surface area contributed by atoms with Gasteiger partial charge >= 0.3 is 0 Å². The molecule has 0 bridgehead atoms. The Balaban J connectivity index is 2.15. The number of hydrogen-bond donors (Lipinski definition) is 1. The monoisotopic (exact) mass is 322 g/mol. The van der Waals surface area contributed by atoms with E-state index < -0.39 is 11.2 Å². The molecule has 2 rings (SSSR count). The summed E-state index contributed by atoms with van der Waals surface area (Å²) in [5.41, 5.74) is 8.91. The molecule has 0 aliphatic heterocycles. The maximum absolute atomic E-state index is 11.9. The zero-order valence-corrected chi connectivity index (χ0v) is 14.6. The van der Waals surface area contributed by atoms with Crippen LogP contribution in [-0.2, 0) is 24.1 Å². The number of nitrogens with zero attached hydrogens (tertiary/aromatic N) is 3. The average Bonchev–Trinajstić information content (AvgIpc) is 2.89. The topological polar surface area (TPSA) is 79.8 Å². The van der Waals surface area contributed by atoms with Crippen LogP contribution in [-0.4, -0.2) is 30.6 Å². The molecule has 0 saturated heterocycles. The first-order valence-corrected chi connectivity index (χ1v) is 9.52. The summed E-state index contributed by atoms with van der Waals surface area (Å²) in [6.45, 7) is 7.09. The molecular weight excluding hydrogens is 296 g/mol. The Morgan fingerprint density at radius 1 is 1.27 bits per heavy atom. The Labute approximate surface area is 135 Å². The smallest absolute Gasteiger partial charge is 0.151 e. The molecule has 6 heteroatoms. The van der Waals surface area contributed by atoms with Crippen molar-refractivity contribution < 1.29 is 4.55 Å². The Morgan fingerprint density at radius 3 is 2.68 bits per heavy atom. The normalized spacial score (nSPS) is 12.9. The number of nitrogens with two attached hydrogens (primary N) is 1. The SMILES string of the molecule is CCCC[S+]([O-])CCCn1c(CC)nc2c(N)ncc(C)c21. The van der Waals surface area contributed by atoms with Crippen LogP contribution < -0.4 is 5.73 Å². The van der Waals surface area contributed by atoms with E-state index in [1.54, 1.807) is 6.20 Å². The van der Waals surface area contributed by atoms with Crippen LogP contribution in [0, 0.1) is 6.92 Å². The van der Waals surface area contributed by atoms with Crippen molar-refractivity contribution in [1.82, 2.24) is 14.5 Å². The third-order valence-corrected chi connectivity index (χ3v) is 5.34. The molecule has 2 N–H and O–H groups in total. The van der Waals surface area contributed by atoms with E-state index in [2.05, 4.69) is 28.4 Å². The van der Waals surface area contributed by atoms with Crippen molar-refractivity contribution in [3.63, 3.8) is 0 Å². The number of imidazole rings is 1. The number of pyridine rings is 1. The van der Waals surface area contributed by atoms with Crippen LogP contribution in [0.3, 0.4) is 0 Å². The van der Waals surface area contributed by atoms with Gasteiger partial charge in [-0.2, -0.15) is 0 Å². The fraction of sp³-hybridized carbons (Fsp3) is 0.625. The van der Waals surface area contributed by atoms with Gasteiger partial charge < -0.3 is 14.9 Å². The molecule has 5 nitrogen and oxygen atoms in total. The third-order valence-electron chi connectivity index (χ3n) is 3.86. The number of nitrogen functional groups attached to an aromatic ring is 1. The number of unbranched alkanes of at least 4 members (excludes halogenated alkanes) is 1. The van der Waals surface area contributed by atoms with Crippen molar-refractivity contribution in [3.8, 4) is 0 Å². The zero-order valence-electron chi connectivity index (χ0n) is 13.8. The van der Waals surface area contributed by atoms with Gasteiger partial charge in [0.2, 0.25) is 0 Å². The summed E-state index contributed by atoms with van der Waals surface area (Å²) in [5, 5.41) is 0. The number of aromatic nitrogens is 3. The van der Waals surface area contributed by atoms with Crippen molar-refractivity contribution in [1.29, 1.82) is 0 Å². The van der Waals surface area contributed by atoms with E-state index in [0.29, 0.717) is 5.82 Å². The molecule has 2 heterocycles.